The minimum Gasteiger partial charge on any atom is -0.456 e. The van der Waals surface area contributed by atoms with E-state index in [1.807, 2.05) is 6.92 Å². The van der Waals surface area contributed by atoms with Crippen LogP contribution in [-0.4, -0.2) is 425 Å². The van der Waals surface area contributed by atoms with Gasteiger partial charge in [-0.2, -0.15) is 0 Å². The number of fused-ring (bicyclic) bond motifs is 7. The van der Waals surface area contributed by atoms with Gasteiger partial charge in [-0.15, -0.1) is 0 Å². The van der Waals surface area contributed by atoms with Crippen molar-refractivity contribution in [3.8, 4) is 0 Å². The van der Waals surface area contributed by atoms with Gasteiger partial charge in [0.15, 0.2) is 62.7 Å². The Morgan fingerprint density at radius 2 is 0.874 bits per heavy atom. The maximum absolute atomic E-state index is 15.7. The second-order valence-electron chi connectivity index (χ2n) is 37.1. The lowest BCUT2D eigenvalue weighted by Gasteiger charge is -2.71. The molecule has 13 aliphatic rings. The largest absolute Gasteiger partial charge is 0.456 e. The van der Waals surface area contributed by atoms with E-state index in [9.17, 15) is 128 Å². The Kier molecular flexibility index (Phi) is 28.7. The van der Waals surface area contributed by atoms with E-state index >= 15 is 4.79 Å². The van der Waals surface area contributed by atoms with E-state index in [-0.39, 0.29) is 23.7 Å². The quantitative estimate of drug-likeness (QED) is 0.0272. The zero-order valence-electron chi connectivity index (χ0n) is 67.4. The zero-order valence-corrected chi connectivity index (χ0v) is 67.4. The molecule has 12 fully saturated rings. The monoisotopic (exact) mass is 1720 g/mol. The summed E-state index contributed by atoms with van der Waals surface area (Å²) in [6.45, 7) is 11.0. The summed E-state index contributed by atoms with van der Waals surface area (Å²) in [6.07, 6.45) is -67.5. The van der Waals surface area contributed by atoms with Crippen LogP contribution in [0, 0.1) is 50.2 Å². The molecule has 4 saturated carbocycles. The fraction of sp³-hybridized carbons (Fsp3) is 0.961. The molecule has 0 aromatic rings. The van der Waals surface area contributed by atoms with E-state index in [0.29, 0.717) is 57.8 Å². The van der Waals surface area contributed by atoms with E-state index in [1.165, 1.54) is 13.8 Å². The summed E-state index contributed by atoms with van der Waals surface area (Å²) in [5.74, 6) is -1.49. The van der Waals surface area contributed by atoms with Gasteiger partial charge in [0.05, 0.1) is 63.4 Å². The second kappa shape index (κ2) is 36.3. The summed E-state index contributed by atoms with van der Waals surface area (Å²) in [4.78, 5) is 15.7. The van der Waals surface area contributed by atoms with Crippen molar-refractivity contribution in [2.24, 2.45) is 50.2 Å². The SMILES string of the molecule is C[C@@H]1O[C@@H](O)[C@H](O[C@H]2O[C@@H](O[C@H]3CC[C@@]4(C)[C@@H](CC[C@]5(C)[C@H]4CC=C4[C@H]6CC(C)(C)CC[C@]6(C(=O)O[C@H]6[C@@H](O)[C@@H](CO)O[C@H](OC[C@H]7O[C@@H](O[C@@H]8[C@@H](O)[C@@H](O)[C@H](O)O[C@H]8C)[C@H](O[C@H]8O[C@H](CO)[C@H](O)[C@@H](O)[C@H]8O)[C@@H](O)[C@@H]7O)[C@@H]6O)CC[C@]45C)[C@]3(C)CO)[C@@H](O)[C@@H](O)[C@@H]2O)[C@H](OC[C@@H]2O[C@@H](O[C@@H]3[C@@H](O)[C@@H](O)O[C@H](CO)[C@@H]3O)[C@H](O)[C@H](O)[C@H]2O)[C@H]1O. The number of carbonyl (C=O) groups is 1. The molecule has 0 amide bonds. The first-order chi connectivity index (χ1) is 55.9. The number of rotatable bonds is 22. The summed E-state index contributed by atoms with van der Waals surface area (Å²) in [7, 11) is 0. The molecule has 8 heterocycles. The second-order valence-corrected chi connectivity index (χ2v) is 37.1. The van der Waals surface area contributed by atoms with Gasteiger partial charge in [-0.25, -0.2) is 0 Å². The van der Waals surface area contributed by atoms with Crippen LogP contribution in [-0.2, 0) is 80.6 Å². The molecular weight excluding hydrogens is 1600 g/mol. The van der Waals surface area contributed by atoms with Crippen molar-refractivity contribution in [2.75, 3.05) is 39.6 Å². The minimum absolute atomic E-state index is 0.0518. The van der Waals surface area contributed by atoms with Crippen molar-refractivity contribution in [3.63, 3.8) is 0 Å². The highest BCUT2D eigenvalue weighted by atomic mass is 16.8. The van der Waals surface area contributed by atoms with E-state index in [1.54, 1.807) is 0 Å². The maximum atomic E-state index is 15.7. The van der Waals surface area contributed by atoms with Crippen LogP contribution >= 0.6 is 0 Å². The number of carbonyl (C=O) groups excluding carboxylic acids is 1. The molecule has 0 aromatic heterocycles. The van der Waals surface area contributed by atoms with E-state index in [4.69, 9.17) is 75.8 Å². The summed E-state index contributed by atoms with van der Waals surface area (Å²) < 4.78 is 94.1. The Balaban J connectivity index is 0.683. The smallest absolute Gasteiger partial charge is 0.313 e. The minimum atomic E-state index is -2.12. The van der Waals surface area contributed by atoms with Gasteiger partial charge in [-0.3, -0.25) is 4.79 Å². The molecule has 0 unspecified atom stereocenters. The Hall–Kier alpha value is -2.39. The standard InChI is InChI=1S/C77H126O42/c1-26-38(82)59(104-23-33-40(84)45(89)51(95)67(111-33)115-57-42(86)31(21-79)108-63(101)54(57)98)61(64(102)106-26)117-69-53(97)46(90)52(96)68(119-69)113-37-12-13-73(5)35(74(37,6)25-81)11-14-76(8)36(73)10-9-28-29-19-72(3,4)15-17-77(29,18-16-75(28,76)7)71(103)118-58-43(87)32(22-80)109-65(55(58)99)105-24-34-41(85)47(91)60(116-66-50(94)44(88)39(83)30(20-78)110-66)70(112-34)114-56-27(2)107-62(100)49(93)48(56)92/h9,26-27,29-70,78-102H,10-25H2,1-8H3/t26-,27-,29+,30+,31+,32+,33-,34+,35+,36-,37-,38-,39-,40-,41+,42-,43-,44+,45+,46+,47-,48-,49+,50+,51+,52-,53-,54+,55+,56-,57-,58-,59+,60+,61+,62+,63-,64+,65-,66+,67-,68+,69-,70-,73-,74-,75+,76+,77-/m0/s1. The first kappa shape index (κ1) is 94.2. The van der Waals surface area contributed by atoms with Crippen LogP contribution in [0.4, 0.5) is 0 Å². The third-order valence-corrected chi connectivity index (χ3v) is 29.6. The highest BCUT2D eigenvalue weighted by Gasteiger charge is 2.72. The van der Waals surface area contributed by atoms with Crippen molar-refractivity contribution in [3.05, 3.63) is 11.6 Å². The molecule has 686 valence electrons. The molecule has 119 heavy (non-hydrogen) atoms. The highest BCUT2D eigenvalue weighted by Crippen LogP contribution is 2.76. The van der Waals surface area contributed by atoms with Crippen LogP contribution in [0.15, 0.2) is 11.6 Å². The third kappa shape index (κ3) is 16.8. The van der Waals surface area contributed by atoms with E-state index < -0.39 is 331 Å². The van der Waals surface area contributed by atoms with Gasteiger partial charge in [0.25, 0.3) is 0 Å². The molecule has 0 spiro atoms. The molecule has 0 aromatic carbocycles. The Labute approximate surface area is 685 Å². The van der Waals surface area contributed by atoms with Gasteiger partial charge in [0, 0.05) is 5.41 Å². The third-order valence-electron chi connectivity index (χ3n) is 29.6. The van der Waals surface area contributed by atoms with Gasteiger partial charge < -0.3 is 203 Å². The summed E-state index contributed by atoms with van der Waals surface area (Å²) >= 11 is 0. The van der Waals surface area contributed by atoms with Crippen molar-refractivity contribution < 1.29 is 208 Å². The lowest BCUT2D eigenvalue weighted by molar-refractivity contribution is -0.399. The molecule has 8 aliphatic heterocycles. The Bertz CT molecular complexity index is 3410. The van der Waals surface area contributed by atoms with Crippen molar-refractivity contribution in [1.82, 2.24) is 0 Å². The van der Waals surface area contributed by atoms with Gasteiger partial charge >= 0.3 is 5.97 Å². The van der Waals surface area contributed by atoms with Gasteiger partial charge in [-0.05, 0) is 117 Å². The Morgan fingerprint density at radius 3 is 1.50 bits per heavy atom. The van der Waals surface area contributed by atoms with Crippen molar-refractivity contribution >= 4 is 5.97 Å². The summed E-state index contributed by atoms with van der Waals surface area (Å²) in [6, 6.07) is 0. The normalized spacial score (nSPS) is 55.3. The number of ether oxygens (including phenoxy) is 16. The zero-order chi connectivity index (χ0) is 86.9. The molecule has 42 heteroatoms. The predicted molar refractivity (Wildman–Crippen MR) is 387 cm³/mol. The molecule has 42 nitrogen and oxygen atoms in total. The number of hydrogen-bond acceptors (Lipinski definition) is 42. The number of esters is 1. The molecule has 25 N–H and O–H groups in total. The average Bonchev–Trinajstić information content (AvgIpc) is 0.672. The Morgan fingerprint density at radius 1 is 0.387 bits per heavy atom. The predicted octanol–water partition coefficient (Wildman–Crippen LogP) is -9.75. The lowest BCUT2D eigenvalue weighted by atomic mass is 9.33. The fourth-order valence-corrected chi connectivity index (χ4v) is 22.1. The first-order valence-corrected chi connectivity index (χ1v) is 41.3. The van der Waals surface area contributed by atoms with Crippen LogP contribution in [0.5, 0.6) is 0 Å². The van der Waals surface area contributed by atoms with Crippen LogP contribution in [0.1, 0.15) is 120 Å². The van der Waals surface area contributed by atoms with Crippen molar-refractivity contribution in [2.45, 2.75) is 372 Å². The summed E-state index contributed by atoms with van der Waals surface area (Å²) in [5, 5.41) is 276. The molecule has 0 bridgehead atoms. The number of aliphatic hydroxyl groups is 25. The lowest BCUT2D eigenvalue weighted by Crippen LogP contribution is -2.67. The van der Waals surface area contributed by atoms with Gasteiger partial charge in [-0.1, -0.05) is 53.2 Å². The maximum Gasteiger partial charge on any atom is 0.313 e. The molecule has 5 aliphatic carbocycles. The number of hydrogen-bond donors (Lipinski definition) is 25. The molecule has 49 atom stereocenters. The van der Waals surface area contributed by atoms with E-state index in [0.717, 1.165) is 5.57 Å². The van der Waals surface area contributed by atoms with Gasteiger partial charge in [0.2, 0.25) is 0 Å². The topological polar surface area (TPSA) is 671 Å². The molecule has 0 radical (unpaired) electrons. The number of allylic oxidation sites excluding steroid dienone is 2. The van der Waals surface area contributed by atoms with Crippen LogP contribution in [0.2, 0.25) is 0 Å². The summed E-state index contributed by atoms with van der Waals surface area (Å²) in [5.41, 5.74) is -3.10. The average molecular weight is 1720 g/mol. The van der Waals surface area contributed by atoms with Crippen LogP contribution in [0.3, 0.4) is 0 Å². The number of aliphatic hydroxyl groups excluding tert-OH is 25. The molecular formula is C77H126O42. The van der Waals surface area contributed by atoms with Crippen LogP contribution in [0.25, 0.3) is 0 Å². The van der Waals surface area contributed by atoms with E-state index in [2.05, 4.69) is 40.7 Å². The molecule has 8 saturated heterocycles. The highest BCUT2D eigenvalue weighted by molar-refractivity contribution is 5.79. The van der Waals surface area contributed by atoms with Gasteiger partial charge in [0.1, 0.15) is 171 Å². The molecule has 13 rings (SSSR count). The van der Waals surface area contributed by atoms with Crippen LogP contribution < -0.4 is 0 Å². The van der Waals surface area contributed by atoms with Crippen molar-refractivity contribution in [1.29, 1.82) is 0 Å². The first-order valence-electron chi connectivity index (χ1n) is 41.3. The fourth-order valence-electron chi connectivity index (χ4n) is 22.1.